The minimum absolute atomic E-state index is 0.0542. The molecule has 0 aliphatic carbocycles. The maximum atomic E-state index is 5.11. The van der Waals surface area contributed by atoms with Crippen LogP contribution < -0.4 is 0 Å². The van der Waals surface area contributed by atoms with E-state index in [4.69, 9.17) is 12.2 Å². The van der Waals surface area contributed by atoms with Gasteiger partial charge in [-0.3, -0.25) is 0 Å². The molecule has 14 heavy (non-hydrogen) atoms. The summed E-state index contributed by atoms with van der Waals surface area (Å²) in [4.78, 5) is 7.08. The van der Waals surface area contributed by atoms with E-state index in [0.717, 1.165) is 11.0 Å². The molecule has 0 spiro atoms. The van der Waals surface area contributed by atoms with Gasteiger partial charge >= 0.3 is 0 Å². The Bertz CT molecular complexity index is 517. The van der Waals surface area contributed by atoms with Gasteiger partial charge in [0.2, 0.25) is 0 Å². The third kappa shape index (κ3) is 1.33. The lowest BCUT2D eigenvalue weighted by Crippen LogP contribution is -2.23. The van der Waals surface area contributed by atoms with Gasteiger partial charge < -0.3 is 4.98 Å². The molecule has 74 valence electrons. The fourth-order valence-electron chi connectivity index (χ4n) is 1.37. The van der Waals surface area contributed by atoms with Crippen LogP contribution in [-0.4, -0.2) is 19.7 Å². The molecule has 0 saturated carbocycles. The maximum Gasteiger partial charge on any atom is 0.140 e. The van der Waals surface area contributed by atoms with Crippen molar-refractivity contribution in [3.8, 4) is 0 Å². The Balaban J connectivity index is 2.83. The average Bonchev–Trinajstić information content (AvgIpc) is 2.47. The number of aromatic nitrogens is 4. The van der Waals surface area contributed by atoms with Crippen molar-refractivity contribution in [2.45, 2.75) is 26.3 Å². The van der Waals surface area contributed by atoms with Crippen molar-refractivity contribution >= 4 is 23.3 Å². The molecule has 1 N–H and O–H groups in total. The third-order valence-corrected chi connectivity index (χ3v) is 2.34. The van der Waals surface area contributed by atoms with Gasteiger partial charge in [0.15, 0.2) is 0 Å². The Morgan fingerprint density at radius 3 is 2.79 bits per heavy atom. The molecule has 2 rings (SSSR count). The van der Waals surface area contributed by atoms with Crippen molar-refractivity contribution in [1.29, 1.82) is 0 Å². The van der Waals surface area contributed by atoms with Gasteiger partial charge in [-0.2, -0.15) is 5.10 Å². The molecule has 4 nitrogen and oxygen atoms in total. The predicted octanol–water partition coefficient (Wildman–Crippen LogP) is 2.24. The van der Waals surface area contributed by atoms with Crippen LogP contribution in [0, 0.1) is 4.64 Å². The second-order valence-electron chi connectivity index (χ2n) is 4.20. The Hall–Kier alpha value is -1.23. The van der Waals surface area contributed by atoms with Crippen molar-refractivity contribution in [2.75, 3.05) is 0 Å². The standard InChI is InChI=1S/C9H12N4S/c1-9(2,3)13-7-6(4-12-13)8(14)11-5-10-7/h4-5H,1-3H3,(H,10,11,14). The monoisotopic (exact) mass is 208 g/mol. The first-order valence-electron chi connectivity index (χ1n) is 4.42. The lowest BCUT2D eigenvalue weighted by Gasteiger charge is -2.19. The molecule has 0 aliphatic heterocycles. The summed E-state index contributed by atoms with van der Waals surface area (Å²) in [5.74, 6) is 0. The highest BCUT2D eigenvalue weighted by molar-refractivity contribution is 7.71. The molecule has 5 heteroatoms. The van der Waals surface area contributed by atoms with Crippen LogP contribution in [0.2, 0.25) is 0 Å². The molecule has 0 bridgehead atoms. The minimum atomic E-state index is -0.0542. The Morgan fingerprint density at radius 2 is 2.14 bits per heavy atom. The molecular weight excluding hydrogens is 196 g/mol. The van der Waals surface area contributed by atoms with Crippen LogP contribution in [0.4, 0.5) is 0 Å². The van der Waals surface area contributed by atoms with E-state index in [-0.39, 0.29) is 5.54 Å². The summed E-state index contributed by atoms with van der Waals surface area (Å²) in [6.07, 6.45) is 3.36. The van der Waals surface area contributed by atoms with Crippen LogP contribution in [0.5, 0.6) is 0 Å². The van der Waals surface area contributed by atoms with E-state index in [9.17, 15) is 0 Å². The van der Waals surface area contributed by atoms with Crippen molar-refractivity contribution in [3.63, 3.8) is 0 Å². The molecule has 0 saturated heterocycles. The number of nitrogens with zero attached hydrogens (tertiary/aromatic N) is 3. The second kappa shape index (κ2) is 2.88. The first kappa shape index (κ1) is 9.33. The molecule has 2 aromatic heterocycles. The Morgan fingerprint density at radius 1 is 1.43 bits per heavy atom. The van der Waals surface area contributed by atoms with Crippen molar-refractivity contribution in [1.82, 2.24) is 19.7 Å². The molecule has 0 unspecified atom stereocenters. The lowest BCUT2D eigenvalue weighted by atomic mass is 10.1. The van der Waals surface area contributed by atoms with E-state index in [2.05, 4.69) is 35.8 Å². The zero-order chi connectivity index (χ0) is 10.3. The summed E-state index contributed by atoms with van der Waals surface area (Å²) in [6, 6.07) is 0. The van der Waals surface area contributed by atoms with Gasteiger partial charge in [-0.15, -0.1) is 0 Å². The van der Waals surface area contributed by atoms with Gasteiger partial charge in [-0.25, -0.2) is 9.67 Å². The molecule has 2 heterocycles. The highest BCUT2D eigenvalue weighted by atomic mass is 32.1. The SMILES string of the molecule is CC(C)(C)n1ncc2c(=S)nc[nH]c21. The first-order chi connectivity index (χ1) is 6.50. The summed E-state index contributed by atoms with van der Waals surface area (Å²) < 4.78 is 2.51. The second-order valence-corrected chi connectivity index (χ2v) is 4.58. The normalized spacial score (nSPS) is 12.2. The van der Waals surface area contributed by atoms with E-state index in [1.165, 1.54) is 0 Å². The van der Waals surface area contributed by atoms with Crippen molar-refractivity contribution < 1.29 is 0 Å². The summed E-state index contributed by atoms with van der Waals surface area (Å²) in [7, 11) is 0. The molecule has 0 fully saturated rings. The van der Waals surface area contributed by atoms with Gasteiger partial charge in [0.1, 0.15) is 10.3 Å². The zero-order valence-electron chi connectivity index (χ0n) is 8.40. The van der Waals surface area contributed by atoms with Crippen LogP contribution >= 0.6 is 12.2 Å². The van der Waals surface area contributed by atoms with E-state index < -0.39 is 0 Å². The summed E-state index contributed by atoms with van der Waals surface area (Å²) in [5, 5.41) is 5.21. The first-order valence-corrected chi connectivity index (χ1v) is 4.83. The molecular formula is C9H12N4S. The summed E-state index contributed by atoms with van der Waals surface area (Å²) >= 11 is 5.11. The number of nitrogens with one attached hydrogen (secondary N) is 1. The fraction of sp³-hybridized carbons (Fsp3) is 0.444. The molecule has 0 atom stereocenters. The number of fused-ring (bicyclic) bond motifs is 1. The summed E-state index contributed by atoms with van der Waals surface area (Å²) in [5.41, 5.74) is 0.874. The van der Waals surface area contributed by atoms with Crippen LogP contribution in [0.15, 0.2) is 12.5 Å². The molecule has 0 amide bonds. The lowest BCUT2D eigenvalue weighted by molar-refractivity contribution is 0.366. The zero-order valence-corrected chi connectivity index (χ0v) is 9.22. The average molecular weight is 208 g/mol. The third-order valence-electron chi connectivity index (χ3n) is 2.02. The largest absolute Gasteiger partial charge is 0.331 e. The van der Waals surface area contributed by atoms with Crippen LogP contribution in [-0.2, 0) is 5.54 Å². The number of aromatic amines is 1. The summed E-state index contributed by atoms with van der Waals surface area (Å²) in [6.45, 7) is 6.28. The molecule has 0 radical (unpaired) electrons. The van der Waals surface area contributed by atoms with Gasteiger partial charge in [0.05, 0.1) is 23.4 Å². The maximum absolute atomic E-state index is 5.11. The van der Waals surface area contributed by atoms with Gasteiger partial charge in [-0.1, -0.05) is 12.2 Å². The topological polar surface area (TPSA) is 46.5 Å². The smallest absolute Gasteiger partial charge is 0.140 e. The fourth-order valence-corrected chi connectivity index (χ4v) is 1.58. The van der Waals surface area contributed by atoms with Gasteiger partial charge in [0.25, 0.3) is 0 Å². The van der Waals surface area contributed by atoms with E-state index >= 15 is 0 Å². The van der Waals surface area contributed by atoms with E-state index in [0.29, 0.717) is 4.64 Å². The minimum Gasteiger partial charge on any atom is -0.331 e. The highest BCUT2D eigenvalue weighted by Gasteiger charge is 2.17. The predicted molar refractivity (Wildman–Crippen MR) is 57.7 cm³/mol. The molecule has 0 aromatic carbocycles. The number of hydrogen-bond acceptors (Lipinski definition) is 3. The van der Waals surface area contributed by atoms with Crippen LogP contribution in [0.25, 0.3) is 11.0 Å². The molecule has 0 aliphatic rings. The highest BCUT2D eigenvalue weighted by Crippen LogP contribution is 2.19. The van der Waals surface area contributed by atoms with E-state index in [1.54, 1.807) is 12.5 Å². The number of H-pyrrole nitrogens is 1. The van der Waals surface area contributed by atoms with Gasteiger partial charge in [0, 0.05) is 0 Å². The van der Waals surface area contributed by atoms with Crippen LogP contribution in [0.1, 0.15) is 20.8 Å². The van der Waals surface area contributed by atoms with Gasteiger partial charge in [-0.05, 0) is 20.8 Å². The quantitative estimate of drug-likeness (QED) is 0.675. The van der Waals surface area contributed by atoms with Crippen LogP contribution in [0.3, 0.4) is 0 Å². The number of hydrogen-bond donors (Lipinski definition) is 1. The number of rotatable bonds is 0. The molecule has 2 aromatic rings. The van der Waals surface area contributed by atoms with Crippen molar-refractivity contribution in [3.05, 3.63) is 17.2 Å². The van der Waals surface area contributed by atoms with E-state index in [1.807, 2.05) is 4.68 Å². The van der Waals surface area contributed by atoms with Crippen molar-refractivity contribution in [2.24, 2.45) is 0 Å². The Labute approximate surface area is 87.0 Å². The Kier molecular flexibility index (Phi) is 1.92.